The summed E-state index contributed by atoms with van der Waals surface area (Å²) in [5.41, 5.74) is 0. The van der Waals surface area contributed by atoms with Crippen LogP contribution < -0.4 is 0 Å². The fraction of sp³-hybridized carbons (Fsp3) is 0.200. The molecule has 0 aromatic heterocycles. The first-order valence-corrected chi connectivity index (χ1v) is 11.7. The Bertz CT molecular complexity index is 463. The van der Waals surface area contributed by atoms with E-state index < -0.39 is 30.2 Å². The average molecular weight is 387 g/mol. The van der Waals surface area contributed by atoms with Crippen molar-refractivity contribution in [1.82, 2.24) is 0 Å². The van der Waals surface area contributed by atoms with Crippen LogP contribution >= 0.6 is 0 Å². The van der Waals surface area contributed by atoms with Crippen LogP contribution in [0.5, 0.6) is 0 Å². The molecule has 0 aliphatic heterocycles. The van der Waals surface area contributed by atoms with Crippen molar-refractivity contribution in [2.24, 2.45) is 0 Å². The van der Waals surface area contributed by atoms with Crippen molar-refractivity contribution < 1.29 is 15.6 Å². The van der Waals surface area contributed by atoms with Crippen molar-refractivity contribution in [2.45, 2.75) is 20.8 Å². The average Bonchev–Trinajstić information content (AvgIpc) is 2.36. The van der Waals surface area contributed by atoms with E-state index in [-0.39, 0.29) is 0 Å². The maximum absolute atomic E-state index is 11.8. The second-order valence-electron chi connectivity index (χ2n) is 4.39. The Hall–Kier alpha value is -1.54. The minimum atomic E-state index is -5.15. The summed E-state index contributed by atoms with van der Waals surface area (Å²) < 4.78 is 12.5. The summed E-state index contributed by atoms with van der Waals surface area (Å²) >= 11 is -5.15. The van der Waals surface area contributed by atoms with Crippen LogP contribution in [0.2, 0.25) is 0 Å². The topological polar surface area (TPSA) is 52.6 Å². The molecule has 4 nitrogen and oxygen atoms in total. The number of hydrogen-bond donors (Lipinski definition) is 0. The molecule has 20 heavy (non-hydrogen) atoms. The predicted octanol–water partition coefficient (Wildman–Crippen LogP) is 3.19. The molecule has 0 fully saturated rings. The molecule has 0 unspecified atom stereocenters. The molecule has 110 valence electrons. The van der Waals surface area contributed by atoms with Crippen molar-refractivity contribution in [3.8, 4) is 0 Å². The SMILES string of the molecule is C=CC(=O)[O][Sb]([O]C(=O)C=C)([C](=C)C)([C](=C)C)[C](=C)C. The molecule has 0 N–H and O–H groups in total. The van der Waals surface area contributed by atoms with E-state index in [0.29, 0.717) is 10.6 Å². The fourth-order valence-corrected chi connectivity index (χ4v) is 12.6. The van der Waals surface area contributed by atoms with Crippen LogP contribution in [0, 0.1) is 0 Å². The normalized spacial score (nSPS) is 12.2. The molecule has 0 aromatic carbocycles. The van der Waals surface area contributed by atoms with E-state index in [0.717, 1.165) is 12.2 Å². The van der Waals surface area contributed by atoms with Crippen molar-refractivity contribution in [1.29, 1.82) is 0 Å². The van der Waals surface area contributed by atoms with Crippen molar-refractivity contribution in [3.63, 3.8) is 0 Å². The molecule has 0 aliphatic rings. The maximum atomic E-state index is 11.8. The van der Waals surface area contributed by atoms with E-state index in [2.05, 4.69) is 32.9 Å². The summed E-state index contributed by atoms with van der Waals surface area (Å²) in [6.07, 6.45) is 2.00. The molecule has 0 aliphatic carbocycles. The van der Waals surface area contributed by atoms with Gasteiger partial charge in [0.05, 0.1) is 0 Å². The summed E-state index contributed by atoms with van der Waals surface area (Å²) in [7, 11) is 0. The van der Waals surface area contributed by atoms with Gasteiger partial charge >= 0.3 is 122 Å². The molecule has 0 saturated heterocycles. The summed E-state index contributed by atoms with van der Waals surface area (Å²) in [5.74, 6) is -1.42. The molecule has 0 bridgehead atoms. The van der Waals surface area contributed by atoms with Gasteiger partial charge in [0.25, 0.3) is 0 Å². The van der Waals surface area contributed by atoms with E-state index in [1.54, 1.807) is 20.8 Å². The van der Waals surface area contributed by atoms with Gasteiger partial charge in [-0.1, -0.05) is 0 Å². The van der Waals surface area contributed by atoms with E-state index in [9.17, 15) is 9.59 Å². The Morgan fingerprint density at radius 2 is 1.05 bits per heavy atom. The summed E-state index contributed by atoms with van der Waals surface area (Å²) in [4.78, 5) is 23.6. The van der Waals surface area contributed by atoms with Crippen LogP contribution in [-0.4, -0.2) is 30.2 Å². The van der Waals surface area contributed by atoms with E-state index in [1.165, 1.54) is 0 Å². The van der Waals surface area contributed by atoms with E-state index in [4.69, 9.17) is 6.03 Å². The molecule has 0 atom stereocenters. The Morgan fingerprint density at radius 1 is 0.800 bits per heavy atom. The van der Waals surface area contributed by atoms with Gasteiger partial charge in [0.2, 0.25) is 0 Å². The van der Waals surface area contributed by atoms with Crippen LogP contribution in [0.1, 0.15) is 20.8 Å². The number of allylic oxidation sites excluding steroid dienone is 3. The standard InChI is InChI=1S/2C3H4O2.3C3H5.Sb/c2*1-2-3(4)5;3*1-3-2;/h2*2H,1H2,(H,4,5);3*1H2,2H3;/q;;;;;+2/p-2. The molecule has 0 saturated carbocycles. The number of rotatable bonds is 7. The predicted molar refractivity (Wildman–Crippen MR) is 82.8 cm³/mol. The molecule has 0 heterocycles. The second kappa shape index (κ2) is 6.27. The van der Waals surface area contributed by atoms with Gasteiger partial charge in [-0.3, -0.25) is 0 Å². The molecule has 0 amide bonds. The van der Waals surface area contributed by atoms with Crippen LogP contribution in [0.25, 0.3) is 0 Å². The summed E-state index contributed by atoms with van der Waals surface area (Å²) in [6, 6.07) is 0. The van der Waals surface area contributed by atoms with Gasteiger partial charge in [0, 0.05) is 0 Å². The van der Waals surface area contributed by atoms with E-state index in [1.807, 2.05) is 0 Å². The van der Waals surface area contributed by atoms with Gasteiger partial charge in [-0.2, -0.15) is 0 Å². The Kier molecular flexibility index (Phi) is 5.79. The first kappa shape index (κ1) is 18.5. The third-order valence-corrected chi connectivity index (χ3v) is 17.8. The number of carbonyl (C=O) groups excluding carboxylic acids is 2. The van der Waals surface area contributed by atoms with Crippen LogP contribution in [-0.2, 0) is 15.6 Å². The van der Waals surface area contributed by atoms with Gasteiger partial charge in [-0.05, 0) is 0 Å². The van der Waals surface area contributed by atoms with Gasteiger partial charge in [0.1, 0.15) is 0 Å². The van der Waals surface area contributed by atoms with Crippen LogP contribution in [0.4, 0.5) is 0 Å². The van der Waals surface area contributed by atoms with Crippen molar-refractivity contribution in [2.75, 3.05) is 0 Å². The summed E-state index contributed by atoms with van der Waals surface area (Å²) in [5, 5.41) is 0. The van der Waals surface area contributed by atoms with Gasteiger partial charge in [-0.25, -0.2) is 0 Å². The quantitative estimate of drug-likeness (QED) is 0.498. The summed E-state index contributed by atoms with van der Waals surface area (Å²) in [6.45, 7) is 23.2. The molecule has 5 heteroatoms. The van der Waals surface area contributed by atoms with Crippen LogP contribution in [0.15, 0.2) is 55.6 Å². The van der Waals surface area contributed by atoms with Crippen molar-refractivity contribution >= 4 is 30.2 Å². The fourth-order valence-electron chi connectivity index (χ4n) is 1.88. The molecular weight excluding hydrogens is 366 g/mol. The van der Waals surface area contributed by atoms with E-state index >= 15 is 0 Å². The third kappa shape index (κ3) is 2.66. The zero-order chi connectivity index (χ0) is 16.2. The van der Waals surface area contributed by atoms with Gasteiger partial charge in [0.15, 0.2) is 0 Å². The Balaban J connectivity index is 6.52. The Morgan fingerprint density at radius 3 is 1.20 bits per heavy atom. The minimum absolute atomic E-state index is 0.434. The van der Waals surface area contributed by atoms with Crippen molar-refractivity contribution in [3.05, 3.63) is 55.6 Å². The van der Waals surface area contributed by atoms with Gasteiger partial charge < -0.3 is 0 Å². The molecule has 0 rings (SSSR count). The zero-order valence-corrected chi connectivity index (χ0v) is 14.8. The van der Waals surface area contributed by atoms with Crippen LogP contribution in [0.3, 0.4) is 0 Å². The first-order valence-electron chi connectivity index (χ1n) is 5.81. The molecule has 0 aromatic rings. The zero-order valence-electron chi connectivity index (χ0n) is 12.3. The number of carbonyl (C=O) groups is 2. The molecular formula is C15H21O4Sb. The monoisotopic (exact) mass is 386 g/mol. The first-order chi connectivity index (χ1) is 9.07. The third-order valence-electron chi connectivity index (χ3n) is 2.94. The molecule has 0 spiro atoms. The number of hydrogen-bond acceptors (Lipinski definition) is 4. The second-order valence-corrected chi connectivity index (χ2v) is 17.4. The van der Waals surface area contributed by atoms with Gasteiger partial charge in [-0.15, -0.1) is 0 Å². The molecule has 0 radical (unpaired) electrons. The Labute approximate surface area is 122 Å².